The van der Waals surface area contributed by atoms with Gasteiger partial charge in [-0.3, -0.25) is 0 Å². The summed E-state index contributed by atoms with van der Waals surface area (Å²) in [4.78, 5) is 2.29. The third-order valence-corrected chi connectivity index (χ3v) is 3.75. The molecule has 0 radical (unpaired) electrons. The number of likely N-dealkylation sites (N-methyl/N-ethyl adjacent to an activating group) is 1. The predicted molar refractivity (Wildman–Crippen MR) is 85.9 cm³/mol. The molecule has 4 heteroatoms. The molecule has 0 bridgehead atoms. The van der Waals surface area contributed by atoms with Crippen LogP contribution in [0.25, 0.3) is 0 Å². The van der Waals surface area contributed by atoms with Gasteiger partial charge in [-0.1, -0.05) is 32.0 Å². The number of aryl methyl sites for hydroxylation is 1. The van der Waals surface area contributed by atoms with Crippen LogP contribution in [0.2, 0.25) is 0 Å². The van der Waals surface area contributed by atoms with Crippen LogP contribution in [0, 0.1) is 6.92 Å². The summed E-state index contributed by atoms with van der Waals surface area (Å²) in [7, 11) is 2.13. The van der Waals surface area contributed by atoms with Crippen LogP contribution in [-0.4, -0.2) is 50.4 Å². The Bertz CT molecular complexity index is 448. The number of benzene rings is 1. The molecule has 1 aliphatic rings. The summed E-state index contributed by atoms with van der Waals surface area (Å²) in [5.74, 6) is 1.00. The van der Waals surface area contributed by atoms with Crippen LogP contribution in [0.4, 0.5) is 0 Å². The van der Waals surface area contributed by atoms with Gasteiger partial charge in [-0.2, -0.15) is 0 Å². The predicted octanol–water partition coefficient (Wildman–Crippen LogP) is 2.20. The van der Waals surface area contributed by atoms with E-state index < -0.39 is 0 Å². The molecule has 1 heterocycles. The number of nitrogens with one attached hydrogen (secondary N) is 1. The lowest BCUT2D eigenvalue weighted by atomic mass is 10.1. The third kappa shape index (κ3) is 4.99. The lowest BCUT2D eigenvalue weighted by Gasteiger charge is -2.30. The number of hydrogen-bond acceptors (Lipinski definition) is 4. The van der Waals surface area contributed by atoms with Crippen molar-refractivity contribution in [2.75, 3.05) is 33.4 Å². The van der Waals surface area contributed by atoms with E-state index in [1.807, 2.05) is 0 Å². The van der Waals surface area contributed by atoms with Crippen molar-refractivity contribution in [3.8, 4) is 5.75 Å². The van der Waals surface area contributed by atoms with E-state index in [2.05, 4.69) is 56.2 Å². The zero-order valence-electron chi connectivity index (χ0n) is 13.7. The van der Waals surface area contributed by atoms with Gasteiger partial charge in [0.25, 0.3) is 0 Å². The first kappa shape index (κ1) is 16.3. The fourth-order valence-electron chi connectivity index (χ4n) is 2.52. The molecule has 118 valence electrons. The van der Waals surface area contributed by atoms with Crippen LogP contribution in [0.1, 0.15) is 25.0 Å². The quantitative estimate of drug-likeness (QED) is 0.871. The average Bonchev–Trinajstić information content (AvgIpc) is 2.44. The highest BCUT2D eigenvalue weighted by molar-refractivity contribution is 5.40. The second-order valence-corrected chi connectivity index (χ2v) is 6.16. The SMILES string of the molecule is Cc1cccc(CNC(C)C)c1OCC1CN(C)CCO1. The molecule has 2 rings (SSSR count). The number of rotatable bonds is 6. The fourth-order valence-corrected chi connectivity index (χ4v) is 2.52. The molecule has 1 atom stereocenters. The fraction of sp³-hybridized carbons (Fsp3) is 0.647. The Balaban J connectivity index is 1.97. The summed E-state index contributed by atoms with van der Waals surface area (Å²) in [6.07, 6.45) is 0.161. The number of nitrogens with zero attached hydrogens (tertiary/aromatic N) is 1. The van der Waals surface area contributed by atoms with Crippen molar-refractivity contribution in [1.29, 1.82) is 0 Å². The zero-order valence-corrected chi connectivity index (χ0v) is 13.7. The molecule has 1 aromatic rings. The first-order chi connectivity index (χ1) is 10.1. The maximum Gasteiger partial charge on any atom is 0.126 e. The van der Waals surface area contributed by atoms with Crippen molar-refractivity contribution in [2.24, 2.45) is 0 Å². The lowest BCUT2D eigenvalue weighted by Crippen LogP contribution is -2.42. The van der Waals surface area contributed by atoms with E-state index in [9.17, 15) is 0 Å². The number of ether oxygens (including phenoxy) is 2. The molecule has 0 aliphatic carbocycles. The first-order valence-corrected chi connectivity index (χ1v) is 7.81. The molecule has 4 nitrogen and oxygen atoms in total. The Morgan fingerprint density at radius 3 is 2.95 bits per heavy atom. The maximum absolute atomic E-state index is 6.10. The molecular formula is C17H28N2O2. The van der Waals surface area contributed by atoms with Crippen LogP contribution in [-0.2, 0) is 11.3 Å². The molecule has 1 N–H and O–H groups in total. The normalized spacial score (nSPS) is 20.0. The van der Waals surface area contributed by atoms with Gasteiger partial charge in [0, 0.05) is 31.2 Å². The number of morpholine rings is 1. The van der Waals surface area contributed by atoms with Gasteiger partial charge in [0.15, 0.2) is 0 Å². The van der Waals surface area contributed by atoms with Crippen molar-refractivity contribution in [2.45, 2.75) is 39.5 Å². The minimum Gasteiger partial charge on any atom is -0.490 e. The van der Waals surface area contributed by atoms with Gasteiger partial charge in [-0.05, 0) is 19.5 Å². The van der Waals surface area contributed by atoms with Crippen molar-refractivity contribution in [3.63, 3.8) is 0 Å². The van der Waals surface area contributed by atoms with Gasteiger partial charge >= 0.3 is 0 Å². The van der Waals surface area contributed by atoms with Crippen molar-refractivity contribution < 1.29 is 9.47 Å². The monoisotopic (exact) mass is 292 g/mol. The van der Waals surface area contributed by atoms with Crippen molar-refractivity contribution in [1.82, 2.24) is 10.2 Å². The topological polar surface area (TPSA) is 33.7 Å². The van der Waals surface area contributed by atoms with Crippen LogP contribution in [0.3, 0.4) is 0 Å². The summed E-state index contributed by atoms with van der Waals surface area (Å²) >= 11 is 0. The van der Waals surface area contributed by atoms with E-state index in [0.29, 0.717) is 12.6 Å². The standard InChI is InChI=1S/C17H28N2O2/c1-13(2)18-10-15-7-5-6-14(3)17(15)21-12-16-11-19(4)8-9-20-16/h5-7,13,16,18H,8-12H2,1-4H3. The van der Waals surface area contributed by atoms with E-state index in [1.165, 1.54) is 11.1 Å². The molecule has 0 amide bonds. The minimum absolute atomic E-state index is 0.161. The third-order valence-electron chi connectivity index (χ3n) is 3.75. The molecule has 1 unspecified atom stereocenters. The van der Waals surface area contributed by atoms with Crippen LogP contribution in [0.15, 0.2) is 18.2 Å². The molecule has 1 aliphatic heterocycles. The molecule has 0 aromatic heterocycles. The second kappa shape index (κ2) is 7.78. The highest BCUT2D eigenvalue weighted by Crippen LogP contribution is 2.24. The van der Waals surface area contributed by atoms with E-state index in [1.54, 1.807) is 0 Å². The number of para-hydroxylation sites is 1. The summed E-state index contributed by atoms with van der Waals surface area (Å²) < 4.78 is 11.9. The Labute approximate surface area is 128 Å². The summed E-state index contributed by atoms with van der Waals surface area (Å²) in [5.41, 5.74) is 2.40. The zero-order chi connectivity index (χ0) is 15.2. The van der Waals surface area contributed by atoms with Gasteiger partial charge in [-0.15, -0.1) is 0 Å². The van der Waals surface area contributed by atoms with Gasteiger partial charge in [0.1, 0.15) is 18.5 Å². The number of hydrogen-bond donors (Lipinski definition) is 1. The molecule has 21 heavy (non-hydrogen) atoms. The Morgan fingerprint density at radius 1 is 1.43 bits per heavy atom. The Kier molecular flexibility index (Phi) is 6.03. The summed E-state index contributed by atoms with van der Waals surface area (Å²) in [6, 6.07) is 6.78. The lowest BCUT2D eigenvalue weighted by molar-refractivity contribution is -0.0405. The van der Waals surface area contributed by atoms with Crippen molar-refractivity contribution >= 4 is 0 Å². The highest BCUT2D eigenvalue weighted by Gasteiger charge is 2.19. The van der Waals surface area contributed by atoms with Gasteiger partial charge in [0.2, 0.25) is 0 Å². The van der Waals surface area contributed by atoms with Crippen LogP contribution in [0.5, 0.6) is 5.75 Å². The molecule has 1 aromatic carbocycles. The van der Waals surface area contributed by atoms with Gasteiger partial charge in [-0.25, -0.2) is 0 Å². The van der Waals surface area contributed by atoms with Gasteiger partial charge in [0.05, 0.1) is 6.61 Å². The minimum atomic E-state index is 0.161. The molecule has 1 fully saturated rings. The molecule has 1 saturated heterocycles. The van der Waals surface area contributed by atoms with E-state index in [-0.39, 0.29) is 6.10 Å². The van der Waals surface area contributed by atoms with Crippen molar-refractivity contribution in [3.05, 3.63) is 29.3 Å². The largest absolute Gasteiger partial charge is 0.490 e. The van der Waals surface area contributed by atoms with Gasteiger partial charge < -0.3 is 19.7 Å². The average molecular weight is 292 g/mol. The maximum atomic E-state index is 6.10. The molecule has 0 saturated carbocycles. The smallest absolute Gasteiger partial charge is 0.126 e. The first-order valence-electron chi connectivity index (χ1n) is 7.81. The van der Waals surface area contributed by atoms with E-state index in [4.69, 9.17) is 9.47 Å². The summed E-state index contributed by atoms with van der Waals surface area (Å²) in [6.45, 7) is 10.6. The molecular weight excluding hydrogens is 264 g/mol. The summed E-state index contributed by atoms with van der Waals surface area (Å²) in [5, 5.41) is 3.45. The Morgan fingerprint density at radius 2 is 2.24 bits per heavy atom. The highest BCUT2D eigenvalue weighted by atomic mass is 16.5. The van der Waals surface area contributed by atoms with E-state index >= 15 is 0 Å². The molecule has 0 spiro atoms. The Hall–Kier alpha value is -1.10. The van der Waals surface area contributed by atoms with Crippen LogP contribution < -0.4 is 10.1 Å². The van der Waals surface area contributed by atoms with E-state index in [0.717, 1.165) is 32.0 Å². The van der Waals surface area contributed by atoms with Crippen LogP contribution >= 0.6 is 0 Å². The second-order valence-electron chi connectivity index (χ2n) is 6.16.